The van der Waals surface area contributed by atoms with Crippen LogP contribution in [0.2, 0.25) is 0 Å². The molecular formula is C19H22N4O3. The monoisotopic (exact) mass is 354 g/mol. The van der Waals surface area contributed by atoms with Gasteiger partial charge in [0.05, 0.1) is 0 Å². The van der Waals surface area contributed by atoms with Crippen LogP contribution in [0.4, 0.5) is 0 Å². The maximum atomic E-state index is 12.1. The van der Waals surface area contributed by atoms with E-state index in [0.29, 0.717) is 37.5 Å². The van der Waals surface area contributed by atoms with E-state index in [4.69, 9.17) is 9.26 Å². The van der Waals surface area contributed by atoms with Crippen molar-refractivity contribution in [2.45, 2.75) is 38.2 Å². The average molecular weight is 354 g/mol. The molecule has 1 amide bonds. The van der Waals surface area contributed by atoms with Gasteiger partial charge in [-0.1, -0.05) is 23.4 Å². The van der Waals surface area contributed by atoms with Gasteiger partial charge < -0.3 is 19.6 Å². The molecule has 26 heavy (non-hydrogen) atoms. The summed E-state index contributed by atoms with van der Waals surface area (Å²) in [5, 5.41) is 8.05. The highest BCUT2D eigenvalue weighted by atomic mass is 16.5. The van der Waals surface area contributed by atoms with Crippen molar-refractivity contribution < 1.29 is 14.1 Å². The fourth-order valence-corrected chi connectivity index (χ4v) is 3.26. The molecule has 0 bridgehead atoms. The number of aryl methyl sites for hydroxylation is 1. The molecule has 136 valence electrons. The Kier molecular flexibility index (Phi) is 4.97. The first kappa shape index (κ1) is 16.8. The lowest BCUT2D eigenvalue weighted by atomic mass is 10.1. The summed E-state index contributed by atoms with van der Waals surface area (Å²) in [6, 6.07) is 8.11. The maximum Gasteiger partial charge on any atom is 0.255 e. The first-order valence-electron chi connectivity index (χ1n) is 9.05. The van der Waals surface area contributed by atoms with Crippen LogP contribution < -0.4 is 5.32 Å². The highest BCUT2D eigenvalue weighted by molar-refractivity contribution is 5.84. The molecule has 0 spiro atoms. The number of carbonyl (C=O) groups excluding carboxylic acids is 1. The molecule has 1 aliphatic rings. The Morgan fingerprint density at radius 2 is 2.23 bits per heavy atom. The smallest absolute Gasteiger partial charge is 0.255 e. The third-order valence-corrected chi connectivity index (χ3v) is 4.66. The molecule has 1 aromatic carbocycles. The van der Waals surface area contributed by atoms with E-state index in [1.165, 1.54) is 5.39 Å². The Labute approximate surface area is 151 Å². The largest absolute Gasteiger partial charge is 0.368 e. The molecule has 2 N–H and O–H groups in total. The quantitative estimate of drug-likeness (QED) is 0.680. The first-order chi connectivity index (χ1) is 12.8. The number of hydrogen-bond donors (Lipinski definition) is 2. The molecule has 0 radical (unpaired) electrons. The highest BCUT2D eigenvalue weighted by Gasteiger charge is 2.23. The number of fused-ring (bicyclic) bond motifs is 1. The molecule has 0 unspecified atom stereocenters. The molecule has 3 heterocycles. The van der Waals surface area contributed by atoms with Gasteiger partial charge in [0, 0.05) is 43.1 Å². The minimum Gasteiger partial charge on any atom is -0.368 e. The molecule has 1 saturated heterocycles. The number of aromatic amines is 1. The Balaban J connectivity index is 1.22. The van der Waals surface area contributed by atoms with Crippen LogP contribution in [0.1, 0.15) is 42.6 Å². The molecule has 3 aromatic rings. The van der Waals surface area contributed by atoms with Crippen LogP contribution in [0, 0.1) is 0 Å². The second-order valence-corrected chi connectivity index (χ2v) is 6.51. The fraction of sp³-hybridized carbons (Fsp3) is 0.421. The molecule has 2 aromatic heterocycles. The normalized spacial score (nSPS) is 17.0. The summed E-state index contributed by atoms with van der Waals surface area (Å²) >= 11 is 0. The number of para-hydroxylation sites is 1. The van der Waals surface area contributed by atoms with Crippen LogP contribution in [-0.2, 0) is 22.4 Å². The summed E-state index contributed by atoms with van der Waals surface area (Å²) in [6.07, 6.45) is 5.57. The number of nitrogens with one attached hydrogen (secondary N) is 2. The van der Waals surface area contributed by atoms with E-state index in [-0.39, 0.29) is 12.0 Å². The zero-order chi connectivity index (χ0) is 17.8. The SMILES string of the molecule is O=C(CCc1c[nH]c2ccccc12)NCCc1noc([C@@H]2CCCO2)n1. The topological polar surface area (TPSA) is 93.0 Å². The summed E-state index contributed by atoms with van der Waals surface area (Å²) < 4.78 is 10.8. The number of benzene rings is 1. The molecule has 7 nitrogen and oxygen atoms in total. The first-order valence-corrected chi connectivity index (χ1v) is 9.05. The zero-order valence-electron chi connectivity index (χ0n) is 14.5. The Morgan fingerprint density at radius 1 is 1.31 bits per heavy atom. The van der Waals surface area contributed by atoms with E-state index >= 15 is 0 Å². The number of nitrogens with zero attached hydrogens (tertiary/aromatic N) is 2. The van der Waals surface area contributed by atoms with E-state index in [2.05, 4.69) is 26.5 Å². The number of amides is 1. The van der Waals surface area contributed by atoms with Gasteiger partial charge in [-0.15, -0.1) is 0 Å². The van der Waals surface area contributed by atoms with Crippen LogP contribution in [0.25, 0.3) is 10.9 Å². The van der Waals surface area contributed by atoms with E-state index in [1.807, 2.05) is 24.4 Å². The van der Waals surface area contributed by atoms with Crippen molar-refractivity contribution in [1.29, 1.82) is 0 Å². The van der Waals surface area contributed by atoms with Crippen molar-refractivity contribution in [1.82, 2.24) is 20.4 Å². The molecule has 1 aliphatic heterocycles. The van der Waals surface area contributed by atoms with Gasteiger partial charge in [-0.2, -0.15) is 4.98 Å². The number of aromatic nitrogens is 3. The molecule has 0 aliphatic carbocycles. The van der Waals surface area contributed by atoms with Crippen molar-refractivity contribution in [3.8, 4) is 0 Å². The Bertz CT molecular complexity index is 880. The lowest BCUT2D eigenvalue weighted by molar-refractivity contribution is -0.121. The van der Waals surface area contributed by atoms with Crippen molar-refractivity contribution in [3.05, 3.63) is 47.7 Å². The minimum absolute atomic E-state index is 0.0260. The molecule has 7 heteroatoms. The fourth-order valence-electron chi connectivity index (χ4n) is 3.26. The van der Waals surface area contributed by atoms with Gasteiger partial charge in [-0.05, 0) is 30.9 Å². The highest BCUT2D eigenvalue weighted by Crippen LogP contribution is 2.26. The predicted molar refractivity (Wildman–Crippen MR) is 95.6 cm³/mol. The molecule has 4 rings (SSSR count). The molecule has 0 saturated carbocycles. The molecule has 1 atom stereocenters. The van der Waals surface area contributed by atoms with Crippen LogP contribution in [0.3, 0.4) is 0 Å². The van der Waals surface area contributed by atoms with Crippen LogP contribution in [0.5, 0.6) is 0 Å². The molecule has 1 fully saturated rings. The van der Waals surface area contributed by atoms with Crippen molar-refractivity contribution >= 4 is 16.8 Å². The number of ether oxygens (including phenoxy) is 1. The third-order valence-electron chi connectivity index (χ3n) is 4.66. The standard InChI is InChI=1S/C19H22N4O3/c24-18(8-7-13-12-21-15-5-2-1-4-14(13)15)20-10-9-17-22-19(26-23-17)16-6-3-11-25-16/h1-2,4-5,12,16,21H,3,6-11H2,(H,20,24)/t16-/m0/s1. The number of carbonyl (C=O) groups is 1. The summed E-state index contributed by atoms with van der Waals surface area (Å²) in [7, 11) is 0. The summed E-state index contributed by atoms with van der Waals surface area (Å²) in [5.41, 5.74) is 2.26. The van der Waals surface area contributed by atoms with E-state index in [0.717, 1.165) is 30.5 Å². The van der Waals surface area contributed by atoms with Gasteiger partial charge in [0.2, 0.25) is 5.91 Å². The zero-order valence-corrected chi connectivity index (χ0v) is 14.5. The third kappa shape index (κ3) is 3.77. The second-order valence-electron chi connectivity index (χ2n) is 6.51. The van der Waals surface area contributed by atoms with Gasteiger partial charge in [-0.3, -0.25) is 4.79 Å². The number of hydrogen-bond acceptors (Lipinski definition) is 5. The van der Waals surface area contributed by atoms with Crippen LogP contribution in [0.15, 0.2) is 35.0 Å². The van der Waals surface area contributed by atoms with Gasteiger partial charge in [-0.25, -0.2) is 0 Å². The number of rotatable bonds is 7. The molecular weight excluding hydrogens is 332 g/mol. The van der Waals surface area contributed by atoms with Gasteiger partial charge >= 0.3 is 0 Å². The van der Waals surface area contributed by atoms with Gasteiger partial charge in [0.25, 0.3) is 5.89 Å². The minimum atomic E-state index is -0.0676. The number of H-pyrrole nitrogens is 1. The Hall–Kier alpha value is -2.67. The van der Waals surface area contributed by atoms with Crippen molar-refractivity contribution in [3.63, 3.8) is 0 Å². The van der Waals surface area contributed by atoms with E-state index < -0.39 is 0 Å². The maximum absolute atomic E-state index is 12.1. The van der Waals surface area contributed by atoms with E-state index in [9.17, 15) is 4.79 Å². The summed E-state index contributed by atoms with van der Waals surface area (Å²) in [4.78, 5) is 19.7. The van der Waals surface area contributed by atoms with Gasteiger partial charge in [0.1, 0.15) is 6.10 Å². The van der Waals surface area contributed by atoms with Crippen molar-refractivity contribution in [2.75, 3.05) is 13.2 Å². The predicted octanol–water partition coefficient (Wildman–Crippen LogP) is 2.69. The summed E-state index contributed by atoms with van der Waals surface area (Å²) in [5.74, 6) is 1.17. The van der Waals surface area contributed by atoms with Crippen LogP contribution in [-0.4, -0.2) is 34.2 Å². The second kappa shape index (κ2) is 7.70. The average Bonchev–Trinajstić information content (AvgIpc) is 3.40. The van der Waals surface area contributed by atoms with E-state index in [1.54, 1.807) is 0 Å². The van der Waals surface area contributed by atoms with Crippen LogP contribution >= 0.6 is 0 Å². The summed E-state index contributed by atoms with van der Waals surface area (Å²) in [6.45, 7) is 1.24. The lowest BCUT2D eigenvalue weighted by Crippen LogP contribution is -2.26. The van der Waals surface area contributed by atoms with Crippen molar-refractivity contribution in [2.24, 2.45) is 0 Å². The Morgan fingerprint density at radius 3 is 3.12 bits per heavy atom. The van der Waals surface area contributed by atoms with Gasteiger partial charge in [0.15, 0.2) is 5.82 Å². The lowest BCUT2D eigenvalue weighted by Gasteiger charge is -2.03.